The third kappa shape index (κ3) is 3.56. The average Bonchev–Trinajstić information content (AvgIpc) is 2.45. The van der Waals surface area contributed by atoms with E-state index in [0.29, 0.717) is 23.7 Å². The van der Waals surface area contributed by atoms with Gasteiger partial charge < -0.3 is 19.9 Å². The quantitative estimate of drug-likeness (QED) is 0.885. The third-order valence-electron chi connectivity index (χ3n) is 3.08. The van der Waals surface area contributed by atoms with Crippen LogP contribution in [0.5, 0.6) is 17.2 Å². The van der Waals surface area contributed by atoms with Crippen LogP contribution in [-0.2, 0) is 6.54 Å². The molecule has 0 aliphatic heterocycles. The van der Waals surface area contributed by atoms with Gasteiger partial charge >= 0.3 is 0 Å². The number of halogens is 1. The molecule has 2 aromatic rings. The van der Waals surface area contributed by atoms with Crippen molar-refractivity contribution in [3.63, 3.8) is 0 Å². The Morgan fingerprint density at radius 2 is 1.67 bits per heavy atom. The highest BCUT2D eigenvalue weighted by Gasteiger charge is 2.11. The summed E-state index contributed by atoms with van der Waals surface area (Å²) in [5, 5.41) is 13.0. The lowest BCUT2D eigenvalue weighted by Crippen LogP contribution is -2.01. The van der Waals surface area contributed by atoms with E-state index in [1.54, 1.807) is 12.1 Å². The molecular weight excluding hydrogens is 273 g/mol. The molecule has 4 nitrogen and oxygen atoms in total. The van der Waals surface area contributed by atoms with Crippen molar-refractivity contribution in [1.29, 1.82) is 0 Å². The summed E-state index contributed by atoms with van der Waals surface area (Å²) in [6, 6.07) is 8.17. The van der Waals surface area contributed by atoms with Crippen LogP contribution in [0.4, 0.5) is 10.1 Å². The fourth-order valence-electron chi connectivity index (χ4n) is 2.09. The monoisotopic (exact) mass is 291 g/mol. The molecule has 0 aromatic heterocycles. The first-order valence-electron chi connectivity index (χ1n) is 6.48. The van der Waals surface area contributed by atoms with Crippen LogP contribution in [0.3, 0.4) is 0 Å². The predicted octanol–water partition coefficient (Wildman–Crippen LogP) is 3.47. The zero-order chi connectivity index (χ0) is 15.4. The van der Waals surface area contributed by atoms with Gasteiger partial charge in [-0.05, 0) is 48.4 Å². The molecule has 5 heteroatoms. The van der Waals surface area contributed by atoms with Gasteiger partial charge in [0.05, 0.1) is 14.2 Å². The number of hydrogen-bond acceptors (Lipinski definition) is 4. The molecule has 2 rings (SSSR count). The topological polar surface area (TPSA) is 50.7 Å². The number of aromatic hydroxyl groups is 1. The minimum atomic E-state index is -0.279. The maximum atomic E-state index is 13.3. The van der Waals surface area contributed by atoms with Crippen molar-refractivity contribution in [1.82, 2.24) is 0 Å². The molecule has 0 saturated carbocycles. The number of anilines is 1. The van der Waals surface area contributed by atoms with Crippen LogP contribution in [0, 0.1) is 12.7 Å². The second kappa shape index (κ2) is 6.35. The Kier molecular flexibility index (Phi) is 4.52. The van der Waals surface area contributed by atoms with E-state index >= 15 is 0 Å². The van der Waals surface area contributed by atoms with E-state index in [4.69, 9.17) is 9.47 Å². The van der Waals surface area contributed by atoms with E-state index in [9.17, 15) is 9.50 Å². The lowest BCUT2D eigenvalue weighted by atomic mass is 10.1. The predicted molar refractivity (Wildman–Crippen MR) is 79.7 cm³/mol. The van der Waals surface area contributed by atoms with Gasteiger partial charge in [0.25, 0.3) is 0 Å². The summed E-state index contributed by atoms with van der Waals surface area (Å²) in [4.78, 5) is 0. The van der Waals surface area contributed by atoms with E-state index in [1.165, 1.54) is 26.4 Å². The Morgan fingerprint density at radius 1 is 1.05 bits per heavy atom. The van der Waals surface area contributed by atoms with Crippen LogP contribution in [0.2, 0.25) is 0 Å². The van der Waals surface area contributed by atoms with Crippen LogP contribution >= 0.6 is 0 Å². The highest BCUT2D eigenvalue weighted by atomic mass is 19.1. The van der Waals surface area contributed by atoms with Gasteiger partial charge in [-0.1, -0.05) is 0 Å². The Morgan fingerprint density at radius 3 is 2.19 bits per heavy atom. The van der Waals surface area contributed by atoms with Crippen LogP contribution in [0.1, 0.15) is 11.1 Å². The van der Waals surface area contributed by atoms with Gasteiger partial charge in [-0.3, -0.25) is 0 Å². The van der Waals surface area contributed by atoms with Gasteiger partial charge in [-0.2, -0.15) is 0 Å². The molecule has 0 radical (unpaired) electrons. The van der Waals surface area contributed by atoms with Crippen LogP contribution in [0.25, 0.3) is 0 Å². The first-order chi connectivity index (χ1) is 10.0. The summed E-state index contributed by atoms with van der Waals surface area (Å²) in [6.07, 6.45) is 0. The fraction of sp³-hybridized carbons (Fsp3) is 0.250. The van der Waals surface area contributed by atoms with Gasteiger partial charge in [0, 0.05) is 12.2 Å². The van der Waals surface area contributed by atoms with Gasteiger partial charge in [0.15, 0.2) is 11.5 Å². The molecule has 2 N–H and O–H groups in total. The van der Waals surface area contributed by atoms with E-state index in [0.717, 1.165) is 11.1 Å². The third-order valence-corrected chi connectivity index (χ3v) is 3.08. The molecule has 0 saturated heterocycles. The molecule has 0 amide bonds. The number of rotatable bonds is 5. The zero-order valence-corrected chi connectivity index (χ0v) is 12.2. The highest BCUT2D eigenvalue weighted by molar-refractivity contribution is 5.54. The molecule has 0 bridgehead atoms. The average molecular weight is 291 g/mol. The van der Waals surface area contributed by atoms with E-state index in [1.807, 2.05) is 13.0 Å². The van der Waals surface area contributed by atoms with Crippen LogP contribution in [0.15, 0.2) is 30.3 Å². The normalized spacial score (nSPS) is 10.3. The Balaban J connectivity index is 2.19. The summed E-state index contributed by atoms with van der Waals surface area (Å²) in [5.74, 6) is 0.354. The molecular formula is C16H18FNO3. The van der Waals surface area contributed by atoms with Gasteiger partial charge in [0.1, 0.15) is 5.82 Å². The number of aryl methyl sites for hydroxylation is 1. The SMILES string of the molecule is COc1cc(CNc2cc(C)cc(F)c2)cc(OC)c1O. The molecule has 112 valence electrons. The summed E-state index contributed by atoms with van der Waals surface area (Å²) in [7, 11) is 2.95. The second-order valence-electron chi connectivity index (χ2n) is 4.72. The Hall–Kier alpha value is -2.43. The zero-order valence-electron chi connectivity index (χ0n) is 12.2. The number of benzene rings is 2. The summed E-state index contributed by atoms with van der Waals surface area (Å²) < 4.78 is 23.5. The lowest BCUT2D eigenvalue weighted by Gasteiger charge is -2.12. The minimum absolute atomic E-state index is 0.0367. The van der Waals surface area contributed by atoms with E-state index < -0.39 is 0 Å². The summed E-state index contributed by atoms with van der Waals surface area (Å²) in [6.45, 7) is 2.29. The molecule has 0 atom stereocenters. The molecule has 0 aliphatic rings. The molecule has 0 unspecified atom stereocenters. The number of phenols is 1. The fourth-order valence-corrected chi connectivity index (χ4v) is 2.09. The maximum absolute atomic E-state index is 13.3. The Bertz CT molecular complexity index is 598. The van der Waals surface area contributed by atoms with Crippen molar-refractivity contribution in [3.8, 4) is 17.2 Å². The molecule has 21 heavy (non-hydrogen) atoms. The summed E-state index contributed by atoms with van der Waals surface area (Å²) in [5.41, 5.74) is 2.39. The van der Waals surface area contributed by atoms with E-state index in [-0.39, 0.29) is 11.6 Å². The number of phenolic OH excluding ortho intramolecular Hbond substituents is 1. The van der Waals surface area contributed by atoms with Crippen molar-refractivity contribution in [2.24, 2.45) is 0 Å². The van der Waals surface area contributed by atoms with Crippen molar-refractivity contribution in [2.75, 3.05) is 19.5 Å². The highest BCUT2D eigenvalue weighted by Crippen LogP contribution is 2.37. The number of nitrogens with one attached hydrogen (secondary N) is 1. The Labute approximate surface area is 123 Å². The van der Waals surface area contributed by atoms with Crippen molar-refractivity contribution < 1.29 is 19.0 Å². The summed E-state index contributed by atoms with van der Waals surface area (Å²) >= 11 is 0. The van der Waals surface area contributed by atoms with Crippen molar-refractivity contribution in [2.45, 2.75) is 13.5 Å². The number of methoxy groups -OCH3 is 2. The minimum Gasteiger partial charge on any atom is -0.502 e. The molecule has 0 fully saturated rings. The first-order valence-corrected chi connectivity index (χ1v) is 6.48. The smallest absolute Gasteiger partial charge is 0.200 e. The number of ether oxygens (including phenoxy) is 2. The van der Waals surface area contributed by atoms with Gasteiger partial charge in [-0.25, -0.2) is 4.39 Å². The van der Waals surface area contributed by atoms with Crippen LogP contribution in [-0.4, -0.2) is 19.3 Å². The maximum Gasteiger partial charge on any atom is 0.200 e. The molecule has 0 aliphatic carbocycles. The molecule has 0 spiro atoms. The largest absolute Gasteiger partial charge is 0.502 e. The van der Waals surface area contributed by atoms with Gasteiger partial charge in [0.2, 0.25) is 5.75 Å². The molecule has 2 aromatic carbocycles. The van der Waals surface area contributed by atoms with Gasteiger partial charge in [-0.15, -0.1) is 0 Å². The van der Waals surface area contributed by atoms with Crippen LogP contribution < -0.4 is 14.8 Å². The van der Waals surface area contributed by atoms with Crippen molar-refractivity contribution in [3.05, 3.63) is 47.3 Å². The van der Waals surface area contributed by atoms with Crippen molar-refractivity contribution >= 4 is 5.69 Å². The number of hydrogen-bond donors (Lipinski definition) is 2. The first kappa shape index (κ1) is 15.0. The van der Waals surface area contributed by atoms with E-state index in [2.05, 4.69) is 5.32 Å². The molecule has 0 heterocycles. The standard InChI is InChI=1S/C16H18FNO3/c1-10-4-12(17)8-13(5-10)18-9-11-6-14(20-2)16(19)15(7-11)21-3/h4-8,18-19H,9H2,1-3H3. The second-order valence-corrected chi connectivity index (χ2v) is 4.72. The lowest BCUT2D eigenvalue weighted by molar-refractivity contribution is 0.339.